The maximum atomic E-state index is 5.77. The molecular weight excluding hydrogens is 302 g/mol. The van der Waals surface area contributed by atoms with Crippen LogP contribution in [0.1, 0.15) is 61.8 Å². The number of fused-ring (bicyclic) bond motifs is 1. The second-order valence-corrected chi connectivity index (χ2v) is 6.96. The van der Waals surface area contributed by atoms with E-state index in [1.807, 2.05) is 0 Å². The SMILES string of the molecule is Cc1ccc2nc(C3CCCN3Cc3nnc(C(C)C)o3)[nH]c2c1. The molecule has 1 aliphatic rings. The molecule has 1 fully saturated rings. The number of nitrogens with one attached hydrogen (secondary N) is 1. The van der Waals surface area contributed by atoms with Crippen LogP contribution in [0, 0.1) is 6.92 Å². The standard InChI is InChI=1S/C18H23N5O/c1-11(2)18-22-21-16(24-18)10-23-8-4-5-15(23)17-19-13-7-6-12(3)9-14(13)20-17/h6-7,9,11,15H,4-5,8,10H2,1-3H3,(H,19,20). The van der Waals surface area contributed by atoms with Crippen molar-refractivity contribution in [2.24, 2.45) is 0 Å². The number of H-pyrrole nitrogens is 1. The normalized spacial score (nSPS) is 18.9. The summed E-state index contributed by atoms with van der Waals surface area (Å²) >= 11 is 0. The third-order valence-electron chi connectivity index (χ3n) is 4.65. The summed E-state index contributed by atoms with van der Waals surface area (Å²) in [6, 6.07) is 6.62. The smallest absolute Gasteiger partial charge is 0.230 e. The fourth-order valence-corrected chi connectivity index (χ4v) is 3.36. The highest BCUT2D eigenvalue weighted by atomic mass is 16.4. The first-order valence-corrected chi connectivity index (χ1v) is 8.63. The molecule has 1 aliphatic heterocycles. The van der Waals surface area contributed by atoms with Crippen LogP contribution < -0.4 is 0 Å². The zero-order chi connectivity index (χ0) is 16.7. The third-order valence-corrected chi connectivity index (χ3v) is 4.65. The number of aromatic amines is 1. The number of benzene rings is 1. The molecule has 0 amide bonds. The Bertz CT molecular complexity index is 850. The van der Waals surface area contributed by atoms with Crippen molar-refractivity contribution < 1.29 is 4.42 Å². The number of imidazole rings is 1. The molecule has 1 saturated heterocycles. The molecule has 0 saturated carbocycles. The maximum Gasteiger partial charge on any atom is 0.230 e. The minimum absolute atomic E-state index is 0.263. The van der Waals surface area contributed by atoms with Crippen molar-refractivity contribution in [1.29, 1.82) is 0 Å². The second-order valence-electron chi connectivity index (χ2n) is 6.96. The Hall–Kier alpha value is -2.21. The van der Waals surface area contributed by atoms with Gasteiger partial charge in [-0.25, -0.2) is 4.98 Å². The van der Waals surface area contributed by atoms with Crippen LogP contribution in [-0.2, 0) is 6.54 Å². The number of hydrogen-bond acceptors (Lipinski definition) is 5. The third kappa shape index (κ3) is 2.82. The topological polar surface area (TPSA) is 70.8 Å². The summed E-state index contributed by atoms with van der Waals surface area (Å²) in [6.07, 6.45) is 2.26. The van der Waals surface area contributed by atoms with E-state index in [2.05, 4.69) is 59.1 Å². The molecule has 126 valence electrons. The van der Waals surface area contributed by atoms with Crippen LogP contribution in [0.25, 0.3) is 11.0 Å². The molecule has 0 spiro atoms. The summed E-state index contributed by atoms with van der Waals surface area (Å²) in [5.74, 6) is 2.70. The Morgan fingerprint density at radius 2 is 2.21 bits per heavy atom. The highest BCUT2D eigenvalue weighted by Gasteiger charge is 2.30. The summed E-state index contributed by atoms with van der Waals surface area (Å²) in [4.78, 5) is 10.7. The van der Waals surface area contributed by atoms with Gasteiger partial charge in [0.05, 0.1) is 23.6 Å². The summed E-state index contributed by atoms with van der Waals surface area (Å²) in [5.41, 5.74) is 3.38. The molecule has 1 aromatic carbocycles. The van der Waals surface area contributed by atoms with E-state index in [0.717, 1.165) is 36.2 Å². The van der Waals surface area contributed by atoms with Gasteiger partial charge in [0.2, 0.25) is 11.8 Å². The lowest BCUT2D eigenvalue weighted by Gasteiger charge is -2.20. The molecule has 2 aromatic heterocycles. The summed E-state index contributed by atoms with van der Waals surface area (Å²) in [6.45, 7) is 7.93. The number of aromatic nitrogens is 4. The zero-order valence-corrected chi connectivity index (χ0v) is 14.4. The number of rotatable bonds is 4. The Morgan fingerprint density at radius 1 is 1.33 bits per heavy atom. The van der Waals surface area contributed by atoms with Crippen LogP contribution in [0.2, 0.25) is 0 Å². The molecule has 3 aromatic rings. The maximum absolute atomic E-state index is 5.77. The predicted molar refractivity (Wildman–Crippen MR) is 91.6 cm³/mol. The Morgan fingerprint density at radius 3 is 3.00 bits per heavy atom. The number of nitrogens with zero attached hydrogens (tertiary/aromatic N) is 4. The molecule has 1 N–H and O–H groups in total. The molecule has 6 heteroatoms. The van der Waals surface area contributed by atoms with E-state index in [-0.39, 0.29) is 12.0 Å². The summed E-state index contributed by atoms with van der Waals surface area (Å²) in [5, 5.41) is 8.33. The highest BCUT2D eigenvalue weighted by molar-refractivity contribution is 5.75. The zero-order valence-electron chi connectivity index (χ0n) is 14.4. The minimum Gasteiger partial charge on any atom is -0.424 e. The minimum atomic E-state index is 0.263. The quantitative estimate of drug-likeness (QED) is 0.791. The van der Waals surface area contributed by atoms with E-state index in [4.69, 9.17) is 9.40 Å². The lowest BCUT2D eigenvalue weighted by atomic mass is 10.2. The number of aryl methyl sites for hydroxylation is 1. The highest BCUT2D eigenvalue weighted by Crippen LogP contribution is 2.32. The number of likely N-dealkylation sites (tertiary alicyclic amines) is 1. The summed E-state index contributed by atoms with van der Waals surface area (Å²) in [7, 11) is 0. The monoisotopic (exact) mass is 325 g/mol. The van der Waals surface area contributed by atoms with Gasteiger partial charge in [0.1, 0.15) is 5.82 Å². The molecule has 24 heavy (non-hydrogen) atoms. The lowest BCUT2D eigenvalue weighted by Crippen LogP contribution is -2.23. The van der Waals surface area contributed by atoms with Gasteiger partial charge in [-0.2, -0.15) is 0 Å². The molecule has 0 aliphatic carbocycles. The van der Waals surface area contributed by atoms with Gasteiger partial charge in [-0.15, -0.1) is 10.2 Å². The van der Waals surface area contributed by atoms with Crippen LogP contribution in [0.4, 0.5) is 0 Å². The average Bonchev–Trinajstić information content (AvgIpc) is 3.25. The summed E-state index contributed by atoms with van der Waals surface area (Å²) < 4.78 is 5.77. The van der Waals surface area contributed by atoms with Crippen LogP contribution in [-0.4, -0.2) is 31.6 Å². The first-order chi connectivity index (χ1) is 11.6. The molecule has 1 atom stereocenters. The fraction of sp³-hybridized carbons (Fsp3) is 0.500. The van der Waals surface area contributed by atoms with Crippen LogP contribution in [0.3, 0.4) is 0 Å². The molecule has 6 nitrogen and oxygen atoms in total. The predicted octanol–water partition coefficient (Wildman–Crippen LogP) is 3.71. The first-order valence-electron chi connectivity index (χ1n) is 8.63. The van der Waals surface area contributed by atoms with Crippen molar-refractivity contribution in [3.63, 3.8) is 0 Å². The van der Waals surface area contributed by atoms with Gasteiger partial charge < -0.3 is 9.40 Å². The lowest BCUT2D eigenvalue weighted by molar-refractivity contribution is 0.215. The van der Waals surface area contributed by atoms with Gasteiger partial charge in [0.25, 0.3) is 0 Å². The molecular formula is C18H23N5O. The van der Waals surface area contributed by atoms with E-state index in [0.29, 0.717) is 18.3 Å². The van der Waals surface area contributed by atoms with Gasteiger partial charge in [0, 0.05) is 5.92 Å². The second kappa shape index (κ2) is 6.02. The van der Waals surface area contributed by atoms with Gasteiger partial charge in [0.15, 0.2) is 0 Å². The van der Waals surface area contributed by atoms with Crippen molar-refractivity contribution in [2.75, 3.05) is 6.54 Å². The molecule has 1 unspecified atom stereocenters. The van der Waals surface area contributed by atoms with E-state index >= 15 is 0 Å². The Balaban J connectivity index is 1.56. The Labute approximate surface area is 141 Å². The van der Waals surface area contributed by atoms with E-state index < -0.39 is 0 Å². The van der Waals surface area contributed by atoms with E-state index in [1.54, 1.807) is 0 Å². The van der Waals surface area contributed by atoms with Gasteiger partial charge in [-0.3, -0.25) is 4.90 Å². The van der Waals surface area contributed by atoms with Crippen molar-refractivity contribution in [3.8, 4) is 0 Å². The van der Waals surface area contributed by atoms with Gasteiger partial charge >= 0.3 is 0 Å². The first kappa shape index (κ1) is 15.3. The molecule has 3 heterocycles. The van der Waals surface area contributed by atoms with Crippen LogP contribution in [0.15, 0.2) is 22.6 Å². The Kier molecular flexibility index (Phi) is 3.84. The van der Waals surface area contributed by atoms with Gasteiger partial charge in [-0.1, -0.05) is 19.9 Å². The average molecular weight is 325 g/mol. The van der Waals surface area contributed by atoms with Crippen LogP contribution >= 0.6 is 0 Å². The van der Waals surface area contributed by atoms with Crippen molar-refractivity contribution in [3.05, 3.63) is 41.4 Å². The van der Waals surface area contributed by atoms with E-state index in [9.17, 15) is 0 Å². The fourth-order valence-electron chi connectivity index (χ4n) is 3.36. The van der Waals surface area contributed by atoms with Crippen molar-refractivity contribution in [1.82, 2.24) is 25.1 Å². The van der Waals surface area contributed by atoms with E-state index in [1.165, 1.54) is 5.56 Å². The van der Waals surface area contributed by atoms with Gasteiger partial charge in [-0.05, 0) is 44.0 Å². The molecule has 0 bridgehead atoms. The largest absolute Gasteiger partial charge is 0.424 e. The van der Waals surface area contributed by atoms with Crippen molar-refractivity contribution >= 4 is 11.0 Å². The van der Waals surface area contributed by atoms with Crippen molar-refractivity contribution in [2.45, 2.75) is 52.1 Å². The number of hydrogen-bond donors (Lipinski definition) is 1. The molecule has 4 rings (SSSR count). The molecule has 0 radical (unpaired) electrons. The van der Waals surface area contributed by atoms with Crippen LogP contribution in [0.5, 0.6) is 0 Å².